The Bertz CT molecular complexity index is 1130. The zero-order valence-corrected chi connectivity index (χ0v) is 16.2. The molecule has 5 heteroatoms. The van der Waals surface area contributed by atoms with Crippen molar-refractivity contribution >= 4 is 28.1 Å². The third-order valence-electron chi connectivity index (χ3n) is 4.74. The molecule has 0 amide bonds. The van der Waals surface area contributed by atoms with Crippen LogP contribution in [-0.4, -0.2) is 0 Å². The molecule has 0 spiro atoms. The number of anilines is 1. The highest BCUT2D eigenvalue weighted by Crippen LogP contribution is 2.30. The van der Waals surface area contributed by atoms with Crippen LogP contribution in [-0.2, 0) is 13.2 Å². The Kier molecular flexibility index (Phi) is 5.63. The summed E-state index contributed by atoms with van der Waals surface area (Å²) in [7, 11) is 0. The first-order chi connectivity index (χ1) is 14.1. The third kappa shape index (κ3) is 4.33. The summed E-state index contributed by atoms with van der Waals surface area (Å²) >= 11 is 6.12. The standard InChI is InChI=1S/C24H18ClF2NO/c25-22-6-3-7-23(27)21(22)15-29-24-13-8-16-4-1-2-5-19(16)20(24)14-28-18-11-9-17(26)10-12-18/h1-13,28H,14-15H2. The molecule has 0 saturated carbocycles. The fraction of sp³-hybridized carbons (Fsp3) is 0.0833. The molecule has 0 bridgehead atoms. The molecule has 0 fully saturated rings. The van der Waals surface area contributed by atoms with Crippen molar-refractivity contribution in [3.63, 3.8) is 0 Å². The van der Waals surface area contributed by atoms with E-state index in [1.165, 1.54) is 18.2 Å². The summed E-state index contributed by atoms with van der Waals surface area (Å²) in [6.07, 6.45) is 0. The zero-order chi connectivity index (χ0) is 20.2. The summed E-state index contributed by atoms with van der Waals surface area (Å²) in [5.74, 6) is -0.0478. The van der Waals surface area contributed by atoms with Gasteiger partial charge in [-0.1, -0.05) is 48.0 Å². The minimum atomic E-state index is -0.399. The van der Waals surface area contributed by atoms with Crippen molar-refractivity contribution in [1.29, 1.82) is 0 Å². The molecule has 4 aromatic rings. The number of hydrogen-bond acceptors (Lipinski definition) is 2. The van der Waals surface area contributed by atoms with Crippen LogP contribution in [0.25, 0.3) is 10.8 Å². The van der Waals surface area contributed by atoms with Gasteiger partial charge in [-0.2, -0.15) is 0 Å². The van der Waals surface area contributed by atoms with Gasteiger partial charge in [-0.05, 0) is 53.2 Å². The van der Waals surface area contributed by atoms with Crippen LogP contribution in [0.2, 0.25) is 5.02 Å². The van der Waals surface area contributed by atoms with Gasteiger partial charge in [0.2, 0.25) is 0 Å². The Morgan fingerprint density at radius 2 is 1.59 bits per heavy atom. The van der Waals surface area contributed by atoms with Gasteiger partial charge >= 0.3 is 0 Å². The average Bonchev–Trinajstić information content (AvgIpc) is 2.73. The molecule has 2 nitrogen and oxygen atoms in total. The van der Waals surface area contributed by atoms with Crippen molar-refractivity contribution in [2.75, 3.05) is 5.32 Å². The van der Waals surface area contributed by atoms with Gasteiger partial charge in [0, 0.05) is 23.4 Å². The van der Waals surface area contributed by atoms with Gasteiger partial charge in [0.1, 0.15) is 24.0 Å². The van der Waals surface area contributed by atoms with Crippen LogP contribution in [0.3, 0.4) is 0 Å². The van der Waals surface area contributed by atoms with E-state index in [1.54, 1.807) is 24.3 Å². The van der Waals surface area contributed by atoms with Crippen molar-refractivity contribution < 1.29 is 13.5 Å². The molecule has 146 valence electrons. The lowest BCUT2D eigenvalue weighted by atomic mass is 10.0. The van der Waals surface area contributed by atoms with Gasteiger partial charge in [0.25, 0.3) is 0 Å². The average molecular weight is 410 g/mol. The fourth-order valence-corrected chi connectivity index (χ4v) is 3.43. The van der Waals surface area contributed by atoms with Gasteiger partial charge in [-0.25, -0.2) is 8.78 Å². The van der Waals surface area contributed by atoms with Crippen molar-refractivity contribution in [3.8, 4) is 5.75 Å². The summed E-state index contributed by atoms with van der Waals surface area (Å²) in [4.78, 5) is 0. The molecule has 0 unspecified atom stereocenters. The van der Waals surface area contributed by atoms with E-state index in [0.29, 0.717) is 22.9 Å². The zero-order valence-electron chi connectivity index (χ0n) is 15.5. The maximum Gasteiger partial charge on any atom is 0.131 e. The van der Waals surface area contributed by atoms with E-state index < -0.39 is 5.82 Å². The molecular weight excluding hydrogens is 392 g/mol. The van der Waals surface area contributed by atoms with Gasteiger partial charge in [-0.3, -0.25) is 0 Å². The van der Waals surface area contributed by atoms with Crippen LogP contribution in [0.4, 0.5) is 14.5 Å². The topological polar surface area (TPSA) is 21.3 Å². The van der Waals surface area contributed by atoms with E-state index in [2.05, 4.69) is 5.32 Å². The first-order valence-corrected chi connectivity index (χ1v) is 9.55. The van der Waals surface area contributed by atoms with Crippen molar-refractivity contribution in [1.82, 2.24) is 0 Å². The molecule has 0 aliphatic carbocycles. The van der Waals surface area contributed by atoms with Gasteiger partial charge in [0.05, 0.1) is 5.02 Å². The molecule has 0 atom stereocenters. The first-order valence-electron chi connectivity index (χ1n) is 9.17. The van der Waals surface area contributed by atoms with E-state index in [4.69, 9.17) is 16.3 Å². The number of fused-ring (bicyclic) bond motifs is 1. The van der Waals surface area contributed by atoms with E-state index in [-0.39, 0.29) is 12.4 Å². The van der Waals surface area contributed by atoms with Crippen LogP contribution in [0, 0.1) is 11.6 Å². The maximum absolute atomic E-state index is 14.1. The van der Waals surface area contributed by atoms with Crippen LogP contribution < -0.4 is 10.1 Å². The molecule has 0 aliphatic rings. The lowest BCUT2D eigenvalue weighted by Gasteiger charge is -2.16. The predicted molar refractivity (Wildman–Crippen MR) is 113 cm³/mol. The second-order valence-electron chi connectivity index (χ2n) is 6.61. The minimum absolute atomic E-state index is 0.0212. The van der Waals surface area contributed by atoms with Crippen LogP contribution >= 0.6 is 11.6 Å². The third-order valence-corrected chi connectivity index (χ3v) is 5.10. The second kappa shape index (κ2) is 8.50. The lowest BCUT2D eigenvalue weighted by Crippen LogP contribution is -2.06. The molecule has 29 heavy (non-hydrogen) atoms. The highest BCUT2D eigenvalue weighted by atomic mass is 35.5. The summed E-state index contributed by atoms with van der Waals surface area (Å²) in [6.45, 7) is 0.487. The van der Waals surface area contributed by atoms with E-state index in [0.717, 1.165) is 22.0 Å². The number of nitrogens with one attached hydrogen (secondary N) is 1. The Morgan fingerprint density at radius 1 is 0.793 bits per heavy atom. The molecule has 4 aromatic carbocycles. The molecule has 0 aliphatic heterocycles. The SMILES string of the molecule is Fc1ccc(NCc2c(OCc3c(F)cccc3Cl)ccc3ccccc23)cc1. The van der Waals surface area contributed by atoms with Gasteiger partial charge in [-0.15, -0.1) is 0 Å². The highest BCUT2D eigenvalue weighted by Gasteiger charge is 2.12. The number of ether oxygens (including phenoxy) is 1. The maximum atomic E-state index is 14.1. The smallest absolute Gasteiger partial charge is 0.131 e. The molecule has 1 N–H and O–H groups in total. The Hall–Kier alpha value is -3.11. The molecule has 0 aromatic heterocycles. The molecular formula is C24H18ClF2NO. The molecule has 0 saturated heterocycles. The molecule has 4 rings (SSSR count). The quantitative estimate of drug-likeness (QED) is 0.371. The summed E-state index contributed by atoms with van der Waals surface area (Å²) in [6, 6.07) is 22.5. The monoisotopic (exact) mass is 409 g/mol. The molecule has 0 heterocycles. The number of halogens is 3. The largest absolute Gasteiger partial charge is 0.488 e. The Morgan fingerprint density at radius 3 is 2.38 bits per heavy atom. The van der Waals surface area contributed by atoms with Crippen LogP contribution in [0.1, 0.15) is 11.1 Å². The Balaban J connectivity index is 1.64. The van der Waals surface area contributed by atoms with Gasteiger partial charge in [0.15, 0.2) is 0 Å². The lowest BCUT2D eigenvalue weighted by molar-refractivity contribution is 0.297. The highest BCUT2D eigenvalue weighted by molar-refractivity contribution is 6.31. The number of rotatable bonds is 6. The predicted octanol–water partition coefficient (Wildman–Crippen LogP) is 6.96. The van der Waals surface area contributed by atoms with E-state index in [1.807, 2.05) is 36.4 Å². The summed E-state index contributed by atoms with van der Waals surface area (Å²) in [5, 5.41) is 5.72. The summed E-state index contributed by atoms with van der Waals surface area (Å²) in [5.41, 5.74) is 2.04. The van der Waals surface area contributed by atoms with E-state index in [9.17, 15) is 8.78 Å². The van der Waals surface area contributed by atoms with Gasteiger partial charge < -0.3 is 10.1 Å². The van der Waals surface area contributed by atoms with Crippen molar-refractivity contribution in [2.45, 2.75) is 13.2 Å². The normalized spacial score (nSPS) is 10.9. The van der Waals surface area contributed by atoms with Crippen molar-refractivity contribution in [2.24, 2.45) is 0 Å². The minimum Gasteiger partial charge on any atom is -0.488 e. The Labute approximate surface area is 172 Å². The number of benzene rings is 4. The second-order valence-corrected chi connectivity index (χ2v) is 7.02. The first kappa shape index (κ1) is 19.2. The van der Waals surface area contributed by atoms with E-state index >= 15 is 0 Å². The fourth-order valence-electron chi connectivity index (χ4n) is 3.21. The van der Waals surface area contributed by atoms with Crippen LogP contribution in [0.15, 0.2) is 78.9 Å². The number of hydrogen-bond donors (Lipinski definition) is 1. The summed E-state index contributed by atoms with van der Waals surface area (Å²) < 4.78 is 33.2. The molecule has 0 radical (unpaired) electrons. The van der Waals surface area contributed by atoms with Crippen molar-refractivity contribution in [3.05, 3.63) is 107 Å². The van der Waals surface area contributed by atoms with Crippen LogP contribution in [0.5, 0.6) is 5.75 Å².